The lowest BCUT2D eigenvalue weighted by Crippen LogP contribution is -2.36. The fourth-order valence-electron chi connectivity index (χ4n) is 1.61. The van der Waals surface area contributed by atoms with Gasteiger partial charge in [-0.2, -0.15) is 0 Å². The van der Waals surface area contributed by atoms with Gasteiger partial charge in [0.25, 0.3) is 0 Å². The van der Waals surface area contributed by atoms with Gasteiger partial charge in [-0.1, -0.05) is 36.4 Å². The van der Waals surface area contributed by atoms with E-state index in [1.54, 1.807) is 6.08 Å². The van der Waals surface area contributed by atoms with Crippen molar-refractivity contribution in [2.75, 3.05) is 7.11 Å². The van der Waals surface area contributed by atoms with Crippen molar-refractivity contribution in [3.05, 3.63) is 48.6 Å². The Balaban J connectivity index is 2.41. The molecule has 1 aromatic rings. The van der Waals surface area contributed by atoms with Gasteiger partial charge < -0.3 is 14.8 Å². The summed E-state index contributed by atoms with van der Waals surface area (Å²) in [6, 6.07) is 8.98. The van der Waals surface area contributed by atoms with Crippen molar-refractivity contribution in [3.63, 3.8) is 0 Å². The SMILES string of the molecule is C=CCC(CC(=O)OC)NC(=O)OCc1ccccc1. The number of rotatable bonds is 7. The van der Waals surface area contributed by atoms with E-state index in [2.05, 4.69) is 16.6 Å². The molecule has 0 radical (unpaired) electrons. The molecule has 0 fully saturated rings. The summed E-state index contributed by atoms with van der Waals surface area (Å²) in [5.74, 6) is -0.389. The van der Waals surface area contributed by atoms with Crippen molar-refractivity contribution < 1.29 is 19.1 Å². The number of esters is 1. The molecule has 0 spiro atoms. The Hall–Kier alpha value is -2.30. The predicted octanol–water partition coefficient (Wildman–Crippen LogP) is 2.42. The van der Waals surface area contributed by atoms with Gasteiger partial charge in [-0.15, -0.1) is 6.58 Å². The number of benzene rings is 1. The molecular weight excluding hydrogens is 258 g/mol. The summed E-state index contributed by atoms with van der Waals surface area (Å²) < 4.78 is 9.66. The average Bonchev–Trinajstić information content (AvgIpc) is 2.46. The van der Waals surface area contributed by atoms with Crippen molar-refractivity contribution >= 4 is 12.1 Å². The van der Waals surface area contributed by atoms with Crippen LogP contribution in [0.4, 0.5) is 4.79 Å². The largest absolute Gasteiger partial charge is 0.469 e. The third kappa shape index (κ3) is 6.04. The lowest BCUT2D eigenvalue weighted by atomic mass is 10.1. The fraction of sp³-hybridized carbons (Fsp3) is 0.333. The number of carbonyl (C=O) groups excluding carboxylic acids is 2. The topological polar surface area (TPSA) is 64.6 Å². The van der Waals surface area contributed by atoms with Crippen LogP contribution < -0.4 is 5.32 Å². The molecule has 1 aromatic carbocycles. The van der Waals surface area contributed by atoms with E-state index in [1.807, 2.05) is 30.3 Å². The van der Waals surface area contributed by atoms with E-state index in [0.717, 1.165) is 5.56 Å². The van der Waals surface area contributed by atoms with Gasteiger partial charge >= 0.3 is 12.1 Å². The van der Waals surface area contributed by atoms with Crippen LogP contribution in [-0.2, 0) is 20.9 Å². The Morgan fingerprint density at radius 2 is 2.05 bits per heavy atom. The molecule has 20 heavy (non-hydrogen) atoms. The molecule has 1 unspecified atom stereocenters. The van der Waals surface area contributed by atoms with Gasteiger partial charge in [-0.25, -0.2) is 4.79 Å². The molecule has 1 rings (SSSR count). The molecule has 1 atom stereocenters. The zero-order chi connectivity index (χ0) is 14.8. The maximum absolute atomic E-state index is 11.7. The van der Waals surface area contributed by atoms with Crippen molar-refractivity contribution in [2.24, 2.45) is 0 Å². The van der Waals surface area contributed by atoms with E-state index < -0.39 is 6.09 Å². The first-order valence-corrected chi connectivity index (χ1v) is 6.30. The Labute approximate surface area is 118 Å². The molecule has 1 N–H and O–H groups in total. The summed E-state index contributed by atoms with van der Waals surface area (Å²) in [5.41, 5.74) is 0.899. The van der Waals surface area contributed by atoms with Gasteiger partial charge in [0.1, 0.15) is 6.61 Å². The molecule has 0 aromatic heterocycles. The van der Waals surface area contributed by atoms with Crippen LogP contribution in [0.2, 0.25) is 0 Å². The van der Waals surface area contributed by atoms with Crippen LogP contribution in [0, 0.1) is 0 Å². The molecule has 0 saturated carbocycles. The monoisotopic (exact) mass is 277 g/mol. The molecule has 0 aliphatic rings. The first-order valence-electron chi connectivity index (χ1n) is 6.30. The highest BCUT2D eigenvalue weighted by molar-refractivity contribution is 5.72. The average molecular weight is 277 g/mol. The fourth-order valence-corrected chi connectivity index (χ4v) is 1.61. The minimum absolute atomic E-state index is 0.0863. The third-order valence-electron chi connectivity index (χ3n) is 2.63. The number of carbonyl (C=O) groups is 2. The van der Waals surface area contributed by atoms with Gasteiger partial charge in [0.15, 0.2) is 0 Å². The molecule has 5 nitrogen and oxygen atoms in total. The Bertz CT molecular complexity index is 444. The van der Waals surface area contributed by atoms with Gasteiger partial charge in [-0.05, 0) is 12.0 Å². The zero-order valence-corrected chi connectivity index (χ0v) is 11.5. The second-order valence-electron chi connectivity index (χ2n) is 4.21. The maximum Gasteiger partial charge on any atom is 0.407 e. The van der Waals surface area contributed by atoms with Crippen molar-refractivity contribution in [1.29, 1.82) is 0 Å². The van der Waals surface area contributed by atoms with Crippen molar-refractivity contribution in [2.45, 2.75) is 25.5 Å². The van der Waals surface area contributed by atoms with E-state index in [9.17, 15) is 9.59 Å². The number of methoxy groups -OCH3 is 1. The van der Waals surface area contributed by atoms with Crippen molar-refractivity contribution in [1.82, 2.24) is 5.32 Å². The van der Waals surface area contributed by atoms with Crippen LogP contribution in [0.15, 0.2) is 43.0 Å². The van der Waals surface area contributed by atoms with E-state index in [4.69, 9.17) is 4.74 Å². The Morgan fingerprint density at radius 3 is 2.65 bits per heavy atom. The second-order valence-corrected chi connectivity index (χ2v) is 4.21. The number of hydrogen-bond donors (Lipinski definition) is 1. The Morgan fingerprint density at radius 1 is 1.35 bits per heavy atom. The number of ether oxygens (including phenoxy) is 2. The molecule has 108 valence electrons. The van der Waals surface area contributed by atoms with Crippen LogP contribution in [0.25, 0.3) is 0 Å². The van der Waals surface area contributed by atoms with Gasteiger partial charge in [0.2, 0.25) is 0 Å². The summed E-state index contributed by atoms with van der Waals surface area (Å²) in [4.78, 5) is 22.9. The van der Waals surface area contributed by atoms with Crippen LogP contribution >= 0.6 is 0 Å². The highest BCUT2D eigenvalue weighted by Crippen LogP contribution is 2.04. The number of nitrogens with one attached hydrogen (secondary N) is 1. The first kappa shape index (κ1) is 15.8. The van der Waals surface area contributed by atoms with Gasteiger partial charge in [-0.3, -0.25) is 4.79 Å². The summed E-state index contributed by atoms with van der Waals surface area (Å²) in [6.45, 7) is 3.78. The maximum atomic E-state index is 11.7. The van der Waals surface area contributed by atoms with Gasteiger partial charge in [0.05, 0.1) is 13.5 Å². The van der Waals surface area contributed by atoms with E-state index in [0.29, 0.717) is 6.42 Å². The quantitative estimate of drug-likeness (QED) is 0.614. The predicted molar refractivity (Wildman–Crippen MR) is 75.0 cm³/mol. The molecular formula is C15H19NO4. The van der Waals surface area contributed by atoms with E-state index >= 15 is 0 Å². The van der Waals surface area contributed by atoms with E-state index in [1.165, 1.54) is 7.11 Å². The number of alkyl carbamates (subject to hydrolysis) is 1. The normalized spacial score (nSPS) is 11.2. The Kier molecular flexibility index (Phi) is 6.89. The van der Waals surface area contributed by atoms with Crippen LogP contribution in [0.1, 0.15) is 18.4 Å². The van der Waals surface area contributed by atoms with Crippen LogP contribution in [0.5, 0.6) is 0 Å². The molecule has 1 amide bonds. The summed E-state index contributed by atoms with van der Waals surface area (Å²) >= 11 is 0. The first-order chi connectivity index (χ1) is 9.65. The van der Waals surface area contributed by atoms with Crippen molar-refractivity contribution in [3.8, 4) is 0 Å². The lowest BCUT2D eigenvalue weighted by molar-refractivity contribution is -0.141. The third-order valence-corrected chi connectivity index (χ3v) is 2.63. The number of hydrogen-bond acceptors (Lipinski definition) is 4. The highest BCUT2D eigenvalue weighted by atomic mass is 16.5. The molecule has 0 aliphatic heterocycles. The summed E-state index contributed by atoms with van der Waals surface area (Å²) in [5, 5.41) is 2.62. The smallest absolute Gasteiger partial charge is 0.407 e. The summed E-state index contributed by atoms with van der Waals surface area (Å²) in [7, 11) is 1.31. The summed E-state index contributed by atoms with van der Waals surface area (Å²) in [6.07, 6.45) is 1.62. The molecule has 0 saturated heterocycles. The lowest BCUT2D eigenvalue weighted by Gasteiger charge is -2.15. The molecule has 0 aliphatic carbocycles. The molecule has 0 heterocycles. The number of amides is 1. The molecule has 5 heteroatoms. The highest BCUT2D eigenvalue weighted by Gasteiger charge is 2.16. The zero-order valence-electron chi connectivity index (χ0n) is 11.5. The van der Waals surface area contributed by atoms with Crippen LogP contribution in [0.3, 0.4) is 0 Å². The standard InChI is InChI=1S/C15H19NO4/c1-3-7-13(10-14(17)19-2)16-15(18)20-11-12-8-5-4-6-9-12/h3-6,8-9,13H,1,7,10-11H2,2H3,(H,16,18). The minimum Gasteiger partial charge on any atom is -0.469 e. The van der Waals surface area contributed by atoms with Gasteiger partial charge in [0, 0.05) is 6.04 Å². The molecule has 0 bridgehead atoms. The van der Waals surface area contributed by atoms with Crippen LogP contribution in [-0.4, -0.2) is 25.2 Å². The minimum atomic E-state index is -0.565. The second kappa shape index (κ2) is 8.74. The van der Waals surface area contributed by atoms with E-state index in [-0.39, 0.29) is 25.0 Å².